The molecule has 0 aromatic rings. The van der Waals surface area contributed by atoms with Crippen LogP contribution in [0.5, 0.6) is 0 Å². The minimum atomic E-state index is 0.239. The van der Waals surface area contributed by atoms with Gasteiger partial charge < -0.3 is 5.32 Å². The molecule has 2 heterocycles. The van der Waals surface area contributed by atoms with Crippen LogP contribution in [0, 0.1) is 17.8 Å². The maximum Gasteiger partial charge on any atom is 0.133 e. The third-order valence-electron chi connectivity index (χ3n) is 7.24. The van der Waals surface area contributed by atoms with Crippen LogP contribution < -0.4 is 26.7 Å². The molecule has 5 N–H and O–H groups in total. The van der Waals surface area contributed by atoms with Crippen molar-refractivity contribution in [2.45, 2.75) is 89.3 Å². The molecule has 2 saturated heterocycles. The maximum atomic E-state index is 5.94. The molecule has 4 atom stereocenters. The van der Waals surface area contributed by atoms with E-state index in [1.165, 1.54) is 57.8 Å². The molecule has 0 aromatic heterocycles. The molecule has 4 rings (SSSR count). The van der Waals surface area contributed by atoms with Crippen LogP contribution >= 0.6 is 0 Å². The minimum Gasteiger partial charge on any atom is -0.313 e. The van der Waals surface area contributed by atoms with Gasteiger partial charge in [-0.3, -0.25) is 20.8 Å². The van der Waals surface area contributed by atoms with Crippen LogP contribution in [-0.2, 0) is 4.84 Å². The topological polar surface area (TPSA) is 69.4 Å². The van der Waals surface area contributed by atoms with Crippen LogP contribution in [-0.4, -0.2) is 44.2 Å². The molecular weight excluding hydrogens is 326 g/mol. The Hall–Kier alpha value is -0.240. The third-order valence-corrected chi connectivity index (χ3v) is 7.24. The van der Waals surface area contributed by atoms with Gasteiger partial charge in [-0.15, -0.1) is 0 Å². The molecule has 4 aliphatic rings. The lowest BCUT2D eigenvalue weighted by Gasteiger charge is -2.37. The second-order valence-corrected chi connectivity index (χ2v) is 9.04. The first-order valence-corrected chi connectivity index (χ1v) is 11.2. The summed E-state index contributed by atoms with van der Waals surface area (Å²) in [5, 5.41) is 14.6. The molecular formula is C20H39N5O. The Bertz CT molecular complexity index is 416. The average Bonchev–Trinajstić information content (AvgIpc) is 3.20. The summed E-state index contributed by atoms with van der Waals surface area (Å²) < 4.78 is 0. The van der Waals surface area contributed by atoms with Gasteiger partial charge in [-0.1, -0.05) is 19.3 Å². The first-order chi connectivity index (χ1) is 12.8. The monoisotopic (exact) mass is 365 g/mol. The quantitative estimate of drug-likeness (QED) is 0.510. The van der Waals surface area contributed by atoms with Crippen LogP contribution in [0.2, 0.25) is 0 Å². The van der Waals surface area contributed by atoms with Crippen molar-refractivity contribution in [1.82, 2.24) is 26.7 Å². The summed E-state index contributed by atoms with van der Waals surface area (Å²) in [6.07, 6.45) is 13.1. The Morgan fingerprint density at radius 2 is 1.73 bits per heavy atom. The molecule has 2 aliphatic carbocycles. The molecule has 0 spiro atoms. The molecule has 2 saturated carbocycles. The normalized spacial score (nSPS) is 41.2. The van der Waals surface area contributed by atoms with Gasteiger partial charge in [-0.2, -0.15) is 5.48 Å². The summed E-state index contributed by atoms with van der Waals surface area (Å²) in [7, 11) is 0. The van der Waals surface area contributed by atoms with Crippen molar-refractivity contribution in [3.63, 3.8) is 0 Å². The number of piperazine rings is 1. The van der Waals surface area contributed by atoms with E-state index in [0.717, 1.165) is 25.6 Å². The van der Waals surface area contributed by atoms with E-state index < -0.39 is 0 Å². The van der Waals surface area contributed by atoms with Gasteiger partial charge in [-0.05, 0) is 57.3 Å². The van der Waals surface area contributed by atoms with E-state index in [9.17, 15) is 0 Å². The van der Waals surface area contributed by atoms with Crippen molar-refractivity contribution in [2.75, 3.05) is 19.6 Å². The fraction of sp³-hybridized carbons (Fsp3) is 1.00. The van der Waals surface area contributed by atoms with E-state index in [1.54, 1.807) is 0 Å². The zero-order valence-corrected chi connectivity index (χ0v) is 16.4. The average molecular weight is 366 g/mol. The number of nitrogens with one attached hydrogen (secondary N) is 5. The molecule has 26 heavy (non-hydrogen) atoms. The Morgan fingerprint density at radius 1 is 0.923 bits per heavy atom. The maximum absolute atomic E-state index is 5.94. The second-order valence-electron chi connectivity index (χ2n) is 9.04. The van der Waals surface area contributed by atoms with Gasteiger partial charge in [0.2, 0.25) is 0 Å². The number of hydrogen-bond donors (Lipinski definition) is 5. The van der Waals surface area contributed by atoms with Crippen LogP contribution in [0.15, 0.2) is 0 Å². The molecule has 0 radical (unpaired) electrons. The summed E-state index contributed by atoms with van der Waals surface area (Å²) in [5.74, 6) is 2.21. The zero-order valence-electron chi connectivity index (χ0n) is 16.4. The summed E-state index contributed by atoms with van der Waals surface area (Å²) in [6.45, 7) is 5.56. The van der Waals surface area contributed by atoms with Crippen molar-refractivity contribution in [3.8, 4) is 0 Å². The molecule has 6 nitrogen and oxygen atoms in total. The van der Waals surface area contributed by atoms with Gasteiger partial charge in [-0.25, -0.2) is 0 Å². The lowest BCUT2D eigenvalue weighted by atomic mass is 9.77. The van der Waals surface area contributed by atoms with Crippen molar-refractivity contribution < 1.29 is 4.84 Å². The van der Waals surface area contributed by atoms with Crippen molar-refractivity contribution in [2.24, 2.45) is 17.8 Å². The van der Waals surface area contributed by atoms with Gasteiger partial charge in [0.15, 0.2) is 0 Å². The Kier molecular flexibility index (Phi) is 6.83. The molecule has 3 unspecified atom stereocenters. The Balaban J connectivity index is 1.18. The smallest absolute Gasteiger partial charge is 0.133 e. The summed E-state index contributed by atoms with van der Waals surface area (Å²) in [4.78, 5) is 5.94. The molecule has 0 amide bonds. The second kappa shape index (κ2) is 9.30. The highest BCUT2D eigenvalue weighted by molar-refractivity contribution is 4.88. The fourth-order valence-corrected chi connectivity index (χ4v) is 5.50. The standard InChI is InChI=1S/C20H39N5O/c1-14(23-18-13-21-11-12-22-18)15-7-9-16(10-8-15)19-24-20(26-25-19)17-5-3-2-4-6-17/h14-25H,2-13H2,1H3/t14-,15?,16?,18?,19?,20?/m1/s1. The highest BCUT2D eigenvalue weighted by Gasteiger charge is 2.37. The van der Waals surface area contributed by atoms with E-state index in [2.05, 4.69) is 33.7 Å². The van der Waals surface area contributed by atoms with Gasteiger partial charge in [0.05, 0.1) is 12.3 Å². The van der Waals surface area contributed by atoms with Crippen molar-refractivity contribution >= 4 is 0 Å². The highest BCUT2D eigenvalue weighted by atomic mass is 16.7. The largest absolute Gasteiger partial charge is 0.313 e. The third kappa shape index (κ3) is 4.78. The highest BCUT2D eigenvalue weighted by Crippen LogP contribution is 2.35. The summed E-state index contributed by atoms with van der Waals surface area (Å²) in [5.41, 5.74) is 3.34. The minimum absolute atomic E-state index is 0.239. The molecule has 150 valence electrons. The molecule has 4 fully saturated rings. The van der Waals surface area contributed by atoms with Gasteiger partial charge in [0.1, 0.15) is 6.23 Å². The lowest BCUT2D eigenvalue weighted by molar-refractivity contribution is -0.0233. The van der Waals surface area contributed by atoms with Gasteiger partial charge in [0, 0.05) is 31.6 Å². The van der Waals surface area contributed by atoms with E-state index >= 15 is 0 Å². The zero-order chi connectivity index (χ0) is 17.8. The Labute approximate surface area is 158 Å². The van der Waals surface area contributed by atoms with Gasteiger partial charge in [0.25, 0.3) is 0 Å². The van der Waals surface area contributed by atoms with Crippen molar-refractivity contribution in [1.29, 1.82) is 0 Å². The van der Waals surface area contributed by atoms with Crippen LogP contribution in [0.4, 0.5) is 0 Å². The molecule has 2 aliphatic heterocycles. The first kappa shape index (κ1) is 19.1. The van der Waals surface area contributed by atoms with E-state index in [-0.39, 0.29) is 6.23 Å². The van der Waals surface area contributed by atoms with Crippen LogP contribution in [0.1, 0.15) is 64.7 Å². The van der Waals surface area contributed by atoms with E-state index in [4.69, 9.17) is 4.84 Å². The van der Waals surface area contributed by atoms with Crippen LogP contribution in [0.25, 0.3) is 0 Å². The predicted octanol–water partition coefficient (Wildman–Crippen LogP) is 1.65. The van der Waals surface area contributed by atoms with E-state index in [0.29, 0.717) is 30.2 Å². The summed E-state index contributed by atoms with van der Waals surface area (Å²) >= 11 is 0. The Morgan fingerprint density at radius 3 is 2.46 bits per heavy atom. The lowest BCUT2D eigenvalue weighted by Crippen LogP contribution is -2.58. The molecule has 6 heteroatoms. The number of hydroxylamine groups is 1. The molecule has 0 aromatic carbocycles. The first-order valence-electron chi connectivity index (χ1n) is 11.2. The van der Waals surface area contributed by atoms with E-state index in [1.807, 2.05) is 0 Å². The fourth-order valence-electron chi connectivity index (χ4n) is 5.50. The molecule has 0 bridgehead atoms. The summed E-state index contributed by atoms with van der Waals surface area (Å²) in [6, 6.07) is 0.587. The van der Waals surface area contributed by atoms with Crippen molar-refractivity contribution in [3.05, 3.63) is 0 Å². The predicted molar refractivity (Wildman–Crippen MR) is 104 cm³/mol. The van der Waals surface area contributed by atoms with Crippen LogP contribution in [0.3, 0.4) is 0 Å². The number of rotatable bonds is 5. The number of hydrogen-bond acceptors (Lipinski definition) is 6. The van der Waals surface area contributed by atoms with Gasteiger partial charge >= 0.3 is 0 Å². The SMILES string of the molecule is C[C@@H](NC1CNCCN1)C1CCC(C2NOC(C3CCCCC3)N2)CC1.